The summed E-state index contributed by atoms with van der Waals surface area (Å²) in [6, 6.07) is 12.0. The molecule has 29 heavy (non-hydrogen) atoms. The summed E-state index contributed by atoms with van der Waals surface area (Å²) in [6.07, 6.45) is 2.40. The Kier molecular flexibility index (Phi) is 5.17. The Morgan fingerprint density at radius 1 is 1.07 bits per heavy atom. The van der Waals surface area contributed by atoms with Crippen molar-refractivity contribution in [3.8, 4) is 0 Å². The third-order valence-corrected chi connectivity index (χ3v) is 6.26. The summed E-state index contributed by atoms with van der Waals surface area (Å²) in [5, 5.41) is 3.37. The molecule has 2 fully saturated rings. The minimum Gasteiger partial charge on any atom is -0.322 e. The number of carbonyl (C=O) groups is 3. The minimum atomic E-state index is -0.380. The SMILES string of the molecule is Cc1ccc(Cl)cc1NC(=O)c1ccccc1N1C(=O)[C@H]2CC[C@H](C)C[C@@H]2C1=O. The Morgan fingerprint density at radius 3 is 2.59 bits per heavy atom. The van der Waals surface area contributed by atoms with Crippen LogP contribution < -0.4 is 10.2 Å². The molecule has 1 N–H and O–H groups in total. The highest BCUT2D eigenvalue weighted by Crippen LogP contribution is 2.42. The summed E-state index contributed by atoms with van der Waals surface area (Å²) < 4.78 is 0. The molecule has 1 saturated heterocycles. The Morgan fingerprint density at radius 2 is 1.79 bits per heavy atom. The van der Waals surface area contributed by atoms with Crippen molar-refractivity contribution in [1.29, 1.82) is 0 Å². The lowest BCUT2D eigenvalue weighted by molar-refractivity contribution is -0.122. The number of amides is 3. The molecule has 3 atom stereocenters. The van der Waals surface area contributed by atoms with Crippen LogP contribution in [-0.2, 0) is 9.59 Å². The smallest absolute Gasteiger partial charge is 0.257 e. The fraction of sp³-hybridized carbons (Fsp3) is 0.348. The van der Waals surface area contributed by atoms with E-state index >= 15 is 0 Å². The number of imide groups is 1. The van der Waals surface area contributed by atoms with Crippen molar-refractivity contribution in [2.75, 3.05) is 10.2 Å². The highest BCUT2D eigenvalue weighted by Gasteiger charge is 2.50. The number of para-hydroxylation sites is 1. The summed E-state index contributed by atoms with van der Waals surface area (Å²) in [4.78, 5) is 40.4. The molecule has 5 nitrogen and oxygen atoms in total. The molecule has 0 radical (unpaired) electrons. The zero-order chi connectivity index (χ0) is 20.7. The number of nitrogens with one attached hydrogen (secondary N) is 1. The van der Waals surface area contributed by atoms with Crippen LogP contribution in [0.15, 0.2) is 42.5 Å². The van der Waals surface area contributed by atoms with E-state index < -0.39 is 0 Å². The van der Waals surface area contributed by atoms with Crippen LogP contribution in [0.25, 0.3) is 0 Å². The fourth-order valence-corrected chi connectivity index (χ4v) is 4.58. The topological polar surface area (TPSA) is 66.5 Å². The Hall–Kier alpha value is -2.66. The van der Waals surface area contributed by atoms with E-state index in [4.69, 9.17) is 11.6 Å². The number of halogens is 1. The third kappa shape index (κ3) is 3.55. The summed E-state index contributed by atoms with van der Waals surface area (Å²) in [5.41, 5.74) is 2.11. The molecule has 4 rings (SSSR count). The minimum absolute atomic E-state index is 0.189. The number of carbonyl (C=O) groups excluding carboxylic acids is 3. The standard InChI is InChI=1S/C23H23ClN2O3/c1-13-7-10-16-18(11-13)23(29)26(22(16)28)20-6-4-3-5-17(20)21(27)25-19-12-15(24)9-8-14(19)2/h3-6,8-9,12-13,16,18H,7,10-11H2,1-2H3,(H,25,27)/t13-,16-,18-/m0/s1. The molecule has 0 aromatic heterocycles. The highest BCUT2D eigenvalue weighted by molar-refractivity contribution is 6.31. The van der Waals surface area contributed by atoms with E-state index in [1.54, 1.807) is 36.4 Å². The average Bonchev–Trinajstić information content (AvgIpc) is 2.94. The van der Waals surface area contributed by atoms with Gasteiger partial charge in [0.05, 0.1) is 23.1 Å². The van der Waals surface area contributed by atoms with E-state index in [0.29, 0.717) is 27.9 Å². The van der Waals surface area contributed by atoms with Crippen LogP contribution in [-0.4, -0.2) is 17.7 Å². The van der Waals surface area contributed by atoms with Crippen molar-refractivity contribution in [1.82, 2.24) is 0 Å². The molecule has 0 spiro atoms. The Labute approximate surface area is 175 Å². The maximum atomic E-state index is 13.1. The number of aryl methyl sites for hydroxylation is 1. The van der Waals surface area contributed by atoms with E-state index in [1.807, 2.05) is 13.0 Å². The van der Waals surface area contributed by atoms with Gasteiger partial charge in [-0.05, 0) is 61.9 Å². The number of hydrogen-bond acceptors (Lipinski definition) is 3. The lowest BCUT2D eigenvalue weighted by atomic mass is 9.76. The number of rotatable bonds is 3. The molecule has 2 aromatic carbocycles. The molecule has 2 aromatic rings. The van der Waals surface area contributed by atoms with Crippen molar-refractivity contribution < 1.29 is 14.4 Å². The first-order valence-corrected chi connectivity index (χ1v) is 10.3. The van der Waals surface area contributed by atoms with Crippen molar-refractivity contribution in [3.05, 3.63) is 58.6 Å². The molecule has 1 aliphatic heterocycles. The summed E-state index contributed by atoms with van der Waals surface area (Å²) in [5.74, 6) is -0.883. The van der Waals surface area contributed by atoms with Gasteiger partial charge in [-0.2, -0.15) is 0 Å². The van der Waals surface area contributed by atoms with E-state index in [2.05, 4.69) is 12.2 Å². The molecule has 1 aliphatic carbocycles. The Balaban J connectivity index is 1.67. The van der Waals surface area contributed by atoms with Gasteiger partial charge in [0.1, 0.15) is 0 Å². The van der Waals surface area contributed by atoms with Crippen LogP contribution in [0, 0.1) is 24.7 Å². The molecule has 150 valence electrons. The molecule has 0 unspecified atom stereocenters. The summed E-state index contributed by atoms with van der Waals surface area (Å²) >= 11 is 6.05. The molecule has 2 aliphatic rings. The van der Waals surface area contributed by atoms with Crippen LogP contribution >= 0.6 is 11.6 Å². The maximum Gasteiger partial charge on any atom is 0.257 e. The second-order valence-corrected chi connectivity index (χ2v) is 8.51. The van der Waals surface area contributed by atoms with Crippen LogP contribution in [0.5, 0.6) is 0 Å². The summed E-state index contributed by atoms with van der Waals surface area (Å²) in [6.45, 7) is 3.99. The summed E-state index contributed by atoms with van der Waals surface area (Å²) in [7, 11) is 0. The number of benzene rings is 2. The van der Waals surface area contributed by atoms with Crippen LogP contribution in [0.4, 0.5) is 11.4 Å². The van der Waals surface area contributed by atoms with E-state index in [0.717, 1.165) is 24.8 Å². The van der Waals surface area contributed by atoms with Crippen molar-refractivity contribution in [2.24, 2.45) is 17.8 Å². The number of nitrogens with zero attached hydrogens (tertiary/aromatic N) is 1. The molecular weight excluding hydrogens is 388 g/mol. The predicted octanol–water partition coefficient (Wildman–Crippen LogP) is 4.83. The van der Waals surface area contributed by atoms with Gasteiger partial charge in [-0.15, -0.1) is 0 Å². The Bertz CT molecular complexity index is 1000. The second-order valence-electron chi connectivity index (χ2n) is 8.07. The predicted molar refractivity (Wildman–Crippen MR) is 113 cm³/mol. The zero-order valence-corrected chi connectivity index (χ0v) is 17.2. The van der Waals surface area contributed by atoms with E-state index in [1.165, 1.54) is 4.90 Å². The average molecular weight is 411 g/mol. The van der Waals surface area contributed by atoms with Gasteiger partial charge < -0.3 is 5.32 Å². The van der Waals surface area contributed by atoms with Gasteiger partial charge in [-0.3, -0.25) is 14.4 Å². The van der Waals surface area contributed by atoms with Crippen LogP contribution in [0.3, 0.4) is 0 Å². The fourth-order valence-electron chi connectivity index (χ4n) is 4.41. The van der Waals surface area contributed by atoms with Gasteiger partial charge in [0.2, 0.25) is 11.8 Å². The zero-order valence-electron chi connectivity index (χ0n) is 16.4. The number of hydrogen-bond donors (Lipinski definition) is 1. The first-order chi connectivity index (χ1) is 13.9. The lowest BCUT2D eigenvalue weighted by Gasteiger charge is -2.25. The van der Waals surface area contributed by atoms with Crippen molar-refractivity contribution >= 4 is 40.7 Å². The molecule has 1 saturated carbocycles. The molecule has 0 bridgehead atoms. The van der Waals surface area contributed by atoms with E-state index in [-0.39, 0.29) is 29.6 Å². The van der Waals surface area contributed by atoms with Gasteiger partial charge in [0, 0.05) is 10.7 Å². The quantitative estimate of drug-likeness (QED) is 0.737. The first kappa shape index (κ1) is 19.6. The van der Waals surface area contributed by atoms with Crippen LogP contribution in [0.1, 0.15) is 42.1 Å². The molecular formula is C23H23ClN2O3. The van der Waals surface area contributed by atoms with Gasteiger partial charge >= 0.3 is 0 Å². The second kappa shape index (κ2) is 7.64. The van der Waals surface area contributed by atoms with Crippen LogP contribution in [0.2, 0.25) is 5.02 Å². The molecule has 1 heterocycles. The van der Waals surface area contributed by atoms with Crippen molar-refractivity contribution in [2.45, 2.75) is 33.1 Å². The third-order valence-electron chi connectivity index (χ3n) is 6.03. The van der Waals surface area contributed by atoms with Gasteiger partial charge in [-0.25, -0.2) is 4.90 Å². The highest BCUT2D eigenvalue weighted by atomic mass is 35.5. The molecule has 3 amide bonds. The number of anilines is 2. The van der Waals surface area contributed by atoms with Gasteiger partial charge in [-0.1, -0.05) is 36.7 Å². The monoisotopic (exact) mass is 410 g/mol. The van der Waals surface area contributed by atoms with Crippen molar-refractivity contribution in [3.63, 3.8) is 0 Å². The molecule has 6 heteroatoms. The van der Waals surface area contributed by atoms with Gasteiger partial charge in [0.15, 0.2) is 0 Å². The van der Waals surface area contributed by atoms with Gasteiger partial charge in [0.25, 0.3) is 5.91 Å². The number of fused-ring (bicyclic) bond motifs is 1. The largest absolute Gasteiger partial charge is 0.322 e. The van der Waals surface area contributed by atoms with E-state index in [9.17, 15) is 14.4 Å². The lowest BCUT2D eigenvalue weighted by Crippen LogP contribution is -2.33. The maximum absolute atomic E-state index is 13.1. The first-order valence-electron chi connectivity index (χ1n) is 9.91. The normalized spacial score (nSPS) is 23.8.